The molecule has 0 atom stereocenters. The number of carbonyl (C=O) groups is 2. The summed E-state index contributed by atoms with van der Waals surface area (Å²) in [6.07, 6.45) is 5.05. The van der Waals surface area contributed by atoms with Gasteiger partial charge in [-0.3, -0.25) is 4.79 Å². The predicted molar refractivity (Wildman–Crippen MR) is 67.1 cm³/mol. The van der Waals surface area contributed by atoms with E-state index in [0.29, 0.717) is 13.2 Å². The Morgan fingerprint density at radius 2 is 2.22 bits per heavy atom. The summed E-state index contributed by atoms with van der Waals surface area (Å²) in [5, 5.41) is 11.1. The number of urea groups is 1. The summed E-state index contributed by atoms with van der Waals surface area (Å²) in [5.41, 5.74) is 0.890. The van der Waals surface area contributed by atoms with E-state index in [9.17, 15) is 9.59 Å². The Balaban J connectivity index is 3.92. The highest BCUT2D eigenvalue weighted by Crippen LogP contribution is 1.90. The number of carboxylic acids is 1. The lowest BCUT2D eigenvalue weighted by Crippen LogP contribution is -2.43. The molecular weight excluding hydrogens is 236 g/mol. The summed E-state index contributed by atoms with van der Waals surface area (Å²) in [6.45, 7) is 6.06. The molecule has 100 valence electrons. The zero-order chi connectivity index (χ0) is 14.0. The molecule has 0 heterocycles. The number of nitrogens with one attached hydrogen (secondary N) is 1. The van der Waals surface area contributed by atoms with Gasteiger partial charge in [0, 0.05) is 6.54 Å². The highest BCUT2D eigenvalue weighted by Gasteiger charge is 2.14. The number of aliphatic carboxylic acids is 1. The summed E-state index contributed by atoms with van der Waals surface area (Å²) in [4.78, 5) is 23.1. The monoisotopic (exact) mass is 254 g/mol. The summed E-state index contributed by atoms with van der Waals surface area (Å²) < 4.78 is 5.18. The Morgan fingerprint density at radius 1 is 1.56 bits per heavy atom. The quantitative estimate of drug-likeness (QED) is 0.371. The fourth-order valence-electron chi connectivity index (χ4n) is 1.06. The zero-order valence-electron chi connectivity index (χ0n) is 10.4. The van der Waals surface area contributed by atoms with E-state index in [-0.39, 0.29) is 13.1 Å². The number of hydrogen-bond acceptors (Lipinski definition) is 3. The molecule has 0 aliphatic heterocycles. The number of rotatable bonds is 8. The van der Waals surface area contributed by atoms with Crippen LogP contribution in [0.1, 0.15) is 6.92 Å². The lowest BCUT2D eigenvalue weighted by atomic mass is 10.4. The molecule has 0 rings (SSSR count). The second-order valence-electron chi connectivity index (χ2n) is 3.70. The second-order valence-corrected chi connectivity index (χ2v) is 3.70. The summed E-state index contributed by atoms with van der Waals surface area (Å²) in [5.74, 6) is 1.12. The van der Waals surface area contributed by atoms with Crippen LogP contribution in [0.2, 0.25) is 0 Å². The Bertz CT molecular complexity index is 346. The first-order chi connectivity index (χ1) is 8.47. The van der Waals surface area contributed by atoms with E-state index in [1.807, 2.05) is 6.92 Å². The summed E-state index contributed by atoms with van der Waals surface area (Å²) in [7, 11) is 0. The van der Waals surface area contributed by atoms with Gasteiger partial charge in [0.15, 0.2) is 0 Å². The molecule has 0 unspecified atom stereocenters. The number of carboxylic acid groups (broad SMARTS) is 1. The van der Waals surface area contributed by atoms with Crippen molar-refractivity contribution in [2.75, 3.05) is 32.8 Å². The number of terminal acetylenes is 1. The van der Waals surface area contributed by atoms with Crippen LogP contribution in [-0.2, 0) is 9.53 Å². The van der Waals surface area contributed by atoms with E-state index < -0.39 is 18.5 Å². The lowest BCUT2D eigenvalue weighted by Gasteiger charge is -2.18. The van der Waals surface area contributed by atoms with Crippen LogP contribution in [0.5, 0.6) is 0 Å². The van der Waals surface area contributed by atoms with Crippen LogP contribution >= 0.6 is 0 Å². The largest absolute Gasteiger partial charge is 0.480 e. The van der Waals surface area contributed by atoms with Gasteiger partial charge in [-0.15, -0.1) is 6.42 Å². The maximum absolute atomic E-state index is 11.5. The van der Waals surface area contributed by atoms with Gasteiger partial charge in [0.1, 0.15) is 6.54 Å². The third kappa shape index (κ3) is 8.19. The van der Waals surface area contributed by atoms with Crippen molar-refractivity contribution in [3.63, 3.8) is 0 Å². The predicted octanol–water partition coefficient (Wildman–Crippen LogP) is 0.308. The average molecular weight is 254 g/mol. The van der Waals surface area contributed by atoms with Crippen molar-refractivity contribution < 1.29 is 19.4 Å². The van der Waals surface area contributed by atoms with Crippen molar-refractivity contribution in [1.29, 1.82) is 0 Å². The SMILES string of the molecule is C#CCN(CC(=O)O)C(=O)NCCOCC(=C)C. The highest BCUT2D eigenvalue weighted by molar-refractivity contribution is 5.80. The Kier molecular flexibility index (Phi) is 8.07. The van der Waals surface area contributed by atoms with Gasteiger partial charge in [-0.2, -0.15) is 0 Å². The first-order valence-corrected chi connectivity index (χ1v) is 5.37. The average Bonchev–Trinajstić information content (AvgIpc) is 2.26. The third-order valence-corrected chi connectivity index (χ3v) is 1.77. The topological polar surface area (TPSA) is 78.9 Å². The third-order valence-electron chi connectivity index (χ3n) is 1.77. The van der Waals surface area contributed by atoms with Crippen molar-refractivity contribution in [3.05, 3.63) is 12.2 Å². The van der Waals surface area contributed by atoms with Gasteiger partial charge in [0.05, 0.1) is 19.8 Å². The maximum Gasteiger partial charge on any atom is 0.323 e. The Labute approximate surface area is 107 Å². The second kappa shape index (κ2) is 9.07. The molecule has 0 aliphatic rings. The lowest BCUT2D eigenvalue weighted by molar-refractivity contribution is -0.137. The van der Waals surface area contributed by atoms with Gasteiger partial charge in [-0.25, -0.2) is 4.79 Å². The minimum atomic E-state index is -1.11. The molecule has 0 aromatic rings. The summed E-state index contributed by atoms with van der Waals surface area (Å²) >= 11 is 0. The van der Waals surface area contributed by atoms with Crippen LogP contribution in [0.25, 0.3) is 0 Å². The van der Waals surface area contributed by atoms with E-state index in [1.54, 1.807) is 0 Å². The smallest absolute Gasteiger partial charge is 0.323 e. The number of ether oxygens (including phenoxy) is 1. The maximum atomic E-state index is 11.5. The van der Waals surface area contributed by atoms with E-state index in [2.05, 4.69) is 17.8 Å². The van der Waals surface area contributed by atoms with Crippen LogP contribution in [0.3, 0.4) is 0 Å². The number of carbonyl (C=O) groups excluding carboxylic acids is 1. The van der Waals surface area contributed by atoms with Gasteiger partial charge < -0.3 is 20.1 Å². The first-order valence-electron chi connectivity index (χ1n) is 5.37. The van der Waals surface area contributed by atoms with Crippen LogP contribution in [0.4, 0.5) is 4.79 Å². The van der Waals surface area contributed by atoms with Crippen LogP contribution in [0.15, 0.2) is 12.2 Å². The minimum Gasteiger partial charge on any atom is -0.480 e. The first kappa shape index (κ1) is 16.0. The van der Waals surface area contributed by atoms with Gasteiger partial charge >= 0.3 is 12.0 Å². The van der Waals surface area contributed by atoms with Crippen molar-refractivity contribution in [2.24, 2.45) is 0 Å². The zero-order valence-corrected chi connectivity index (χ0v) is 10.4. The molecule has 2 N–H and O–H groups in total. The van der Waals surface area contributed by atoms with Gasteiger partial charge in [0.2, 0.25) is 0 Å². The normalized spacial score (nSPS) is 9.33. The molecule has 0 bridgehead atoms. The molecule has 0 aromatic carbocycles. The van der Waals surface area contributed by atoms with E-state index >= 15 is 0 Å². The molecule has 0 aliphatic carbocycles. The molecule has 6 heteroatoms. The van der Waals surface area contributed by atoms with Crippen molar-refractivity contribution in [3.8, 4) is 12.3 Å². The van der Waals surface area contributed by atoms with Crippen LogP contribution in [0, 0.1) is 12.3 Å². The van der Waals surface area contributed by atoms with Crippen molar-refractivity contribution in [2.45, 2.75) is 6.92 Å². The van der Waals surface area contributed by atoms with Crippen LogP contribution in [-0.4, -0.2) is 54.9 Å². The van der Waals surface area contributed by atoms with Gasteiger partial charge in [0.25, 0.3) is 0 Å². The Morgan fingerprint density at radius 3 is 2.72 bits per heavy atom. The van der Waals surface area contributed by atoms with E-state index in [0.717, 1.165) is 10.5 Å². The standard InChI is InChI=1S/C12H18N2O4/c1-4-6-14(8-11(15)16)12(17)13-5-7-18-9-10(2)3/h1H,2,5-9H2,3H3,(H,13,17)(H,15,16). The minimum absolute atomic E-state index is 0.0508. The molecule has 0 fully saturated rings. The number of hydrogen-bond donors (Lipinski definition) is 2. The van der Waals surface area contributed by atoms with Gasteiger partial charge in [-0.05, 0) is 6.92 Å². The number of amides is 2. The fourth-order valence-corrected chi connectivity index (χ4v) is 1.06. The molecule has 18 heavy (non-hydrogen) atoms. The fraction of sp³-hybridized carbons (Fsp3) is 0.500. The molecule has 0 aromatic heterocycles. The van der Waals surface area contributed by atoms with E-state index in [1.165, 1.54) is 0 Å². The van der Waals surface area contributed by atoms with Gasteiger partial charge in [-0.1, -0.05) is 18.1 Å². The number of nitrogens with zero attached hydrogens (tertiary/aromatic N) is 1. The molecular formula is C12H18N2O4. The molecule has 2 amide bonds. The van der Waals surface area contributed by atoms with Crippen molar-refractivity contribution >= 4 is 12.0 Å². The molecule has 6 nitrogen and oxygen atoms in total. The van der Waals surface area contributed by atoms with E-state index in [4.69, 9.17) is 16.3 Å². The summed E-state index contributed by atoms with van der Waals surface area (Å²) in [6, 6.07) is -0.519. The molecule has 0 saturated heterocycles. The molecule has 0 spiro atoms. The highest BCUT2D eigenvalue weighted by atomic mass is 16.5. The Hall–Kier alpha value is -2.00. The van der Waals surface area contributed by atoms with Crippen LogP contribution < -0.4 is 5.32 Å². The molecule has 0 saturated carbocycles. The molecule has 0 radical (unpaired) electrons. The van der Waals surface area contributed by atoms with Crippen molar-refractivity contribution in [1.82, 2.24) is 10.2 Å².